The summed E-state index contributed by atoms with van der Waals surface area (Å²) in [7, 11) is 3.31. The Bertz CT molecular complexity index is 835. The molecule has 142 valence electrons. The lowest BCUT2D eigenvalue weighted by Gasteiger charge is -2.14. The van der Waals surface area contributed by atoms with E-state index < -0.39 is 0 Å². The van der Waals surface area contributed by atoms with E-state index in [9.17, 15) is 9.59 Å². The van der Waals surface area contributed by atoms with Crippen LogP contribution in [0.5, 0.6) is 17.2 Å². The van der Waals surface area contributed by atoms with Crippen LogP contribution in [0.1, 0.15) is 15.9 Å². The van der Waals surface area contributed by atoms with Crippen LogP contribution in [-0.2, 0) is 11.2 Å². The lowest BCUT2D eigenvalue weighted by Crippen LogP contribution is -2.29. The zero-order valence-electron chi connectivity index (χ0n) is 15.4. The van der Waals surface area contributed by atoms with Crippen molar-refractivity contribution in [2.75, 3.05) is 34.0 Å². The van der Waals surface area contributed by atoms with Gasteiger partial charge in [0.1, 0.15) is 5.75 Å². The van der Waals surface area contributed by atoms with Gasteiger partial charge in [-0.05, 0) is 36.2 Å². The largest absolute Gasteiger partial charge is 0.483 e. The van der Waals surface area contributed by atoms with Crippen LogP contribution in [0.3, 0.4) is 0 Å². The fraction of sp³-hybridized carbons (Fsp3) is 0.300. The number of rotatable bonds is 7. The molecule has 2 aromatic carbocycles. The van der Waals surface area contributed by atoms with Crippen LogP contribution < -0.4 is 19.5 Å². The summed E-state index contributed by atoms with van der Waals surface area (Å²) >= 11 is 0. The Labute approximate surface area is 157 Å². The zero-order chi connectivity index (χ0) is 19.2. The molecule has 2 aromatic rings. The maximum absolute atomic E-state index is 12.5. The maximum Gasteiger partial charge on any atom is 0.259 e. The first-order chi connectivity index (χ1) is 13.0. The third-order valence-corrected chi connectivity index (χ3v) is 4.12. The summed E-state index contributed by atoms with van der Waals surface area (Å²) in [6, 6.07) is 12.6. The average molecular weight is 370 g/mol. The standard InChI is InChI=1S/C20H22N2O5/c1-22(2)19(23)12-25-16-6-4-3-5-15(16)20(24)21-10-9-14-7-8-17-18(11-14)27-13-26-17/h3-8,11H,9-10,12-13H2,1-2H3,(H,21,24). The minimum absolute atomic E-state index is 0.117. The molecule has 0 fully saturated rings. The van der Waals surface area contributed by atoms with Crippen molar-refractivity contribution >= 4 is 11.8 Å². The normalized spacial score (nSPS) is 11.8. The first-order valence-electron chi connectivity index (χ1n) is 8.63. The molecule has 2 amide bonds. The number of nitrogens with zero attached hydrogens (tertiary/aromatic N) is 1. The van der Waals surface area contributed by atoms with Gasteiger partial charge < -0.3 is 24.4 Å². The number of hydrogen-bond donors (Lipinski definition) is 1. The van der Waals surface area contributed by atoms with E-state index in [2.05, 4.69) is 5.32 Å². The molecule has 0 radical (unpaired) electrons. The molecule has 7 nitrogen and oxygen atoms in total. The fourth-order valence-corrected chi connectivity index (χ4v) is 2.56. The lowest BCUT2D eigenvalue weighted by atomic mass is 10.1. The first kappa shape index (κ1) is 18.6. The molecule has 0 aromatic heterocycles. The minimum atomic E-state index is -0.247. The van der Waals surface area contributed by atoms with Crippen molar-refractivity contribution in [1.29, 1.82) is 0 Å². The van der Waals surface area contributed by atoms with Gasteiger partial charge in [0.25, 0.3) is 11.8 Å². The summed E-state index contributed by atoms with van der Waals surface area (Å²) < 4.78 is 16.2. The molecule has 0 aliphatic carbocycles. The van der Waals surface area contributed by atoms with Gasteiger partial charge in [-0.1, -0.05) is 18.2 Å². The Morgan fingerprint density at radius 3 is 2.70 bits per heavy atom. The Balaban J connectivity index is 1.55. The summed E-state index contributed by atoms with van der Waals surface area (Å²) in [5, 5.41) is 2.88. The number of carbonyl (C=O) groups excluding carboxylic acids is 2. The predicted octanol–water partition coefficient (Wildman–Crippen LogP) is 1.85. The highest BCUT2D eigenvalue weighted by Crippen LogP contribution is 2.32. The molecular weight excluding hydrogens is 348 g/mol. The van der Waals surface area contributed by atoms with E-state index in [1.807, 2.05) is 18.2 Å². The first-order valence-corrected chi connectivity index (χ1v) is 8.63. The number of likely N-dealkylation sites (N-methyl/N-ethyl adjacent to an activating group) is 1. The summed E-state index contributed by atoms with van der Waals surface area (Å²) in [6.07, 6.45) is 0.657. The lowest BCUT2D eigenvalue weighted by molar-refractivity contribution is -0.130. The molecule has 27 heavy (non-hydrogen) atoms. The molecule has 1 heterocycles. The van der Waals surface area contributed by atoms with Gasteiger partial charge in [-0.2, -0.15) is 0 Å². The van der Waals surface area contributed by atoms with Crippen molar-refractivity contribution in [2.45, 2.75) is 6.42 Å². The number of para-hydroxylation sites is 1. The number of carbonyl (C=O) groups is 2. The molecule has 0 unspecified atom stereocenters. The van der Waals surface area contributed by atoms with E-state index in [-0.39, 0.29) is 25.2 Å². The Morgan fingerprint density at radius 2 is 1.89 bits per heavy atom. The molecule has 0 atom stereocenters. The number of hydrogen-bond acceptors (Lipinski definition) is 5. The van der Waals surface area contributed by atoms with Gasteiger partial charge in [0.05, 0.1) is 5.56 Å². The van der Waals surface area contributed by atoms with E-state index in [1.165, 1.54) is 4.90 Å². The van der Waals surface area contributed by atoms with Gasteiger partial charge in [0.15, 0.2) is 18.1 Å². The average Bonchev–Trinajstić information content (AvgIpc) is 3.14. The van der Waals surface area contributed by atoms with E-state index >= 15 is 0 Å². The Hall–Kier alpha value is -3.22. The molecule has 7 heteroatoms. The monoisotopic (exact) mass is 370 g/mol. The molecular formula is C20H22N2O5. The second-order valence-electron chi connectivity index (χ2n) is 6.27. The molecule has 0 saturated carbocycles. The number of ether oxygens (including phenoxy) is 3. The molecule has 1 aliphatic heterocycles. The highest BCUT2D eigenvalue weighted by Gasteiger charge is 2.15. The van der Waals surface area contributed by atoms with Crippen molar-refractivity contribution in [1.82, 2.24) is 10.2 Å². The molecule has 3 rings (SSSR count). The second kappa shape index (κ2) is 8.44. The van der Waals surface area contributed by atoms with Crippen molar-refractivity contribution < 1.29 is 23.8 Å². The van der Waals surface area contributed by atoms with Crippen molar-refractivity contribution in [2.24, 2.45) is 0 Å². The molecule has 1 N–H and O–H groups in total. The van der Waals surface area contributed by atoms with Gasteiger partial charge in [-0.15, -0.1) is 0 Å². The third-order valence-electron chi connectivity index (χ3n) is 4.12. The van der Waals surface area contributed by atoms with Gasteiger partial charge in [-0.3, -0.25) is 9.59 Å². The van der Waals surface area contributed by atoms with Crippen molar-refractivity contribution in [3.63, 3.8) is 0 Å². The van der Waals surface area contributed by atoms with Crippen LogP contribution in [0.15, 0.2) is 42.5 Å². The van der Waals surface area contributed by atoms with Crippen molar-refractivity contribution in [3.05, 3.63) is 53.6 Å². The van der Waals surface area contributed by atoms with Crippen LogP contribution in [0.4, 0.5) is 0 Å². The number of benzene rings is 2. The minimum Gasteiger partial charge on any atom is -0.483 e. The summed E-state index contributed by atoms with van der Waals surface area (Å²) in [5.41, 5.74) is 1.44. The molecule has 0 spiro atoms. The van der Waals surface area contributed by atoms with Gasteiger partial charge in [-0.25, -0.2) is 0 Å². The van der Waals surface area contributed by atoms with Crippen LogP contribution >= 0.6 is 0 Å². The summed E-state index contributed by atoms with van der Waals surface area (Å²) in [4.78, 5) is 25.6. The number of amides is 2. The highest BCUT2D eigenvalue weighted by molar-refractivity contribution is 5.97. The van der Waals surface area contributed by atoms with E-state index in [1.54, 1.807) is 38.4 Å². The highest BCUT2D eigenvalue weighted by atomic mass is 16.7. The topological polar surface area (TPSA) is 77.1 Å². The molecule has 1 aliphatic rings. The van der Waals surface area contributed by atoms with Gasteiger partial charge in [0.2, 0.25) is 6.79 Å². The third kappa shape index (κ3) is 4.69. The van der Waals surface area contributed by atoms with E-state index in [4.69, 9.17) is 14.2 Å². The maximum atomic E-state index is 12.5. The SMILES string of the molecule is CN(C)C(=O)COc1ccccc1C(=O)NCCc1ccc2c(c1)OCO2. The van der Waals surface area contributed by atoms with Crippen LogP contribution in [0.2, 0.25) is 0 Å². The number of fused-ring (bicyclic) bond motifs is 1. The van der Waals surface area contributed by atoms with E-state index in [0.29, 0.717) is 24.3 Å². The quantitative estimate of drug-likeness (QED) is 0.805. The Morgan fingerprint density at radius 1 is 1.11 bits per heavy atom. The smallest absolute Gasteiger partial charge is 0.259 e. The fourth-order valence-electron chi connectivity index (χ4n) is 2.56. The molecule has 0 saturated heterocycles. The van der Waals surface area contributed by atoms with Crippen molar-refractivity contribution in [3.8, 4) is 17.2 Å². The number of nitrogens with one attached hydrogen (secondary N) is 1. The van der Waals surface area contributed by atoms with E-state index in [0.717, 1.165) is 17.1 Å². The van der Waals surface area contributed by atoms with Crippen LogP contribution in [0, 0.1) is 0 Å². The molecule has 0 bridgehead atoms. The summed E-state index contributed by atoms with van der Waals surface area (Å²) in [5.74, 6) is 1.43. The van der Waals surface area contributed by atoms with Gasteiger partial charge in [0, 0.05) is 20.6 Å². The Kier molecular flexibility index (Phi) is 5.80. The van der Waals surface area contributed by atoms with Crippen LogP contribution in [-0.4, -0.2) is 50.8 Å². The van der Waals surface area contributed by atoms with Gasteiger partial charge >= 0.3 is 0 Å². The second-order valence-corrected chi connectivity index (χ2v) is 6.27. The summed E-state index contributed by atoms with van der Waals surface area (Å²) in [6.45, 7) is 0.584. The van der Waals surface area contributed by atoms with Crippen LogP contribution in [0.25, 0.3) is 0 Å². The zero-order valence-corrected chi connectivity index (χ0v) is 15.4. The predicted molar refractivity (Wildman–Crippen MR) is 99.2 cm³/mol.